The van der Waals surface area contributed by atoms with Crippen molar-refractivity contribution in [2.75, 3.05) is 19.6 Å². The van der Waals surface area contributed by atoms with E-state index in [1.807, 2.05) is 0 Å². The Morgan fingerprint density at radius 2 is 2.20 bits per heavy atom. The van der Waals surface area contributed by atoms with Crippen LogP contribution in [0, 0.1) is 5.92 Å². The molecule has 1 fully saturated rings. The SMILES string of the molecule is CC(C)CNC(=O)CN1CCCCC1C. The fourth-order valence-electron chi connectivity index (χ4n) is 1.95. The summed E-state index contributed by atoms with van der Waals surface area (Å²) in [4.78, 5) is 13.9. The van der Waals surface area contributed by atoms with Gasteiger partial charge in [0, 0.05) is 12.6 Å². The molecule has 0 aromatic carbocycles. The molecule has 0 aliphatic carbocycles. The predicted octanol–water partition coefficient (Wildman–Crippen LogP) is 1.63. The number of amides is 1. The highest BCUT2D eigenvalue weighted by molar-refractivity contribution is 5.78. The number of rotatable bonds is 4. The van der Waals surface area contributed by atoms with Gasteiger partial charge >= 0.3 is 0 Å². The Morgan fingerprint density at radius 1 is 1.47 bits per heavy atom. The number of nitrogens with zero attached hydrogens (tertiary/aromatic N) is 1. The van der Waals surface area contributed by atoms with Gasteiger partial charge in [-0.05, 0) is 32.2 Å². The summed E-state index contributed by atoms with van der Waals surface area (Å²) in [7, 11) is 0. The van der Waals surface area contributed by atoms with Gasteiger partial charge in [-0.1, -0.05) is 20.3 Å². The monoisotopic (exact) mass is 212 g/mol. The van der Waals surface area contributed by atoms with Gasteiger partial charge in [0.15, 0.2) is 0 Å². The van der Waals surface area contributed by atoms with Crippen molar-refractivity contribution in [2.45, 2.75) is 46.1 Å². The molecule has 0 saturated carbocycles. The quantitative estimate of drug-likeness (QED) is 0.768. The summed E-state index contributed by atoms with van der Waals surface area (Å²) >= 11 is 0. The summed E-state index contributed by atoms with van der Waals surface area (Å²) in [6, 6.07) is 0.573. The van der Waals surface area contributed by atoms with Crippen LogP contribution in [0.15, 0.2) is 0 Å². The number of likely N-dealkylation sites (tertiary alicyclic amines) is 1. The molecule has 0 aromatic heterocycles. The van der Waals surface area contributed by atoms with Gasteiger partial charge in [-0.15, -0.1) is 0 Å². The van der Waals surface area contributed by atoms with Crippen LogP contribution >= 0.6 is 0 Å². The third kappa shape index (κ3) is 4.65. The summed E-state index contributed by atoms with van der Waals surface area (Å²) in [6.45, 7) is 8.90. The van der Waals surface area contributed by atoms with E-state index in [1.54, 1.807) is 0 Å². The average molecular weight is 212 g/mol. The van der Waals surface area contributed by atoms with Crippen LogP contribution in [0.3, 0.4) is 0 Å². The smallest absolute Gasteiger partial charge is 0.234 e. The van der Waals surface area contributed by atoms with Crippen LogP contribution in [0.25, 0.3) is 0 Å². The first-order chi connectivity index (χ1) is 7.09. The molecule has 1 aliphatic rings. The van der Waals surface area contributed by atoms with E-state index in [2.05, 4.69) is 31.0 Å². The Labute approximate surface area is 93.2 Å². The molecule has 0 bridgehead atoms. The summed E-state index contributed by atoms with van der Waals surface area (Å²) in [6.07, 6.45) is 3.78. The molecule has 0 aromatic rings. The molecule has 1 saturated heterocycles. The van der Waals surface area contributed by atoms with Crippen molar-refractivity contribution >= 4 is 5.91 Å². The van der Waals surface area contributed by atoms with Crippen molar-refractivity contribution in [1.29, 1.82) is 0 Å². The van der Waals surface area contributed by atoms with Crippen LogP contribution in [0.2, 0.25) is 0 Å². The lowest BCUT2D eigenvalue weighted by Gasteiger charge is -2.32. The van der Waals surface area contributed by atoms with Gasteiger partial charge in [-0.3, -0.25) is 9.69 Å². The highest BCUT2D eigenvalue weighted by atomic mass is 16.2. The van der Waals surface area contributed by atoms with Gasteiger partial charge in [0.2, 0.25) is 5.91 Å². The number of carbonyl (C=O) groups is 1. The van der Waals surface area contributed by atoms with Gasteiger partial charge in [0.25, 0.3) is 0 Å². The van der Waals surface area contributed by atoms with Crippen LogP contribution in [0.1, 0.15) is 40.0 Å². The highest BCUT2D eigenvalue weighted by Gasteiger charge is 2.20. The van der Waals surface area contributed by atoms with Crippen LogP contribution in [0.4, 0.5) is 0 Å². The maximum atomic E-state index is 11.6. The Kier molecular flexibility index (Phi) is 5.09. The molecule has 1 heterocycles. The molecular formula is C12H24N2O. The molecular weight excluding hydrogens is 188 g/mol. The number of nitrogens with one attached hydrogen (secondary N) is 1. The van der Waals surface area contributed by atoms with Crippen LogP contribution in [-0.2, 0) is 4.79 Å². The van der Waals surface area contributed by atoms with Crippen molar-refractivity contribution < 1.29 is 4.79 Å². The van der Waals surface area contributed by atoms with Crippen molar-refractivity contribution in [2.24, 2.45) is 5.92 Å². The molecule has 0 radical (unpaired) electrons. The van der Waals surface area contributed by atoms with Crippen molar-refractivity contribution in [1.82, 2.24) is 10.2 Å². The van der Waals surface area contributed by atoms with E-state index in [1.165, 1.54) is 19.3 Å². The maximum Gasteiger partial charge on any atom is 0.234 e. The second kappa shape index (κ2) is 6.11. The van der Waals surface area contributed by atoms with E-state index in [-0.39, 0.29) is 5.91 Å². The lowest BCUT2D eigenvalue weighted by Crippen LogP contribution is -2.44. The van der Waals surface area contributed by atoms with Crippen molar-refractivity contribution in [3.8, 4) is 0 Å². The summed E-state index contributed by atoms with van der Waals surface area (Å²) in [5.41, 5.74) is 0. The lowest BCUT2D eigenvalue weighted by molar-refractivity contribution is -0.123. The molecule has 15 heavy (non-hydrogen) atoms. The molecule has 88 valence electrons. The van der Waals surface area contributed by atoms with Gasteiger partial charge < -0.3 is 5.32 Å². The van der Waals surface area contributed by atoms with Crippen molar-refractivity contribution in [3.63, 3.8) is 0 Å². The first kappa shape index (κ1) is 12.5. The molecule has 1 N–H and O–H groups in total. The summed E-state index contributed by atoms with van der Waals surface area (Å²) < 4.78 is 0. The largest absolute Gasteiger partial charge is 0.355 e. The molecule has 3 heteroatoms. The van der Waals surface area contributed by atoms with Gasteiger partial charge in [-0.2, -0.15) is 0 Å². The van der Waals surface area contributed by atoms with E-state index in [0.717, 1.165) is 13.1 Å². The van der Waals surface area contributed by atoms with E-state index >= 15 is 0 Å². The Hall–Kier alpha value is -0.570. The van der Waals surface area contributed by atoms with Gasteiger partial charge in [-0.25, -0.2) is 0 Å². The fraction of sp³-hybridized carbons (Fsp3) is 0.917. The zero-order chi connectivity index (χ0) is 11.3. The number of piperidine rings is 1. The molecule has 1 unspecified atom stereocenters. The number of carbonyl (C=O) groups excluding carboxylic acids is 1. The van der Waals surface area contributed by atoms with E-state index in [0.29, 0.717) is 18.5 Å². The lowest BCUT2D eigenvalue weighted by atomic mass is 10.0. The highest BCUT2D eigenvalue weighted by Crippen LogP contribution is 2.15. The van der Waals surface area contributed by atoms with Crippen molar-refractivity contribution in [3.05, 3.63) is 0 Å². The topological polar surface area (TPSA) is 32.3 Å². The minimum Gasteiger partial charge on any atom is -0.355 e. The molecule has 1 atom stereocenters. The van der Waals surface area contributed by atoms with Gasteiger partial charge in [0.05, 0.1) is 6.54 Å². The summed E-state index contributed by atoms with van der Waals surface area (Å²) in [5, 5.41) is 2.97. The Morgan fingerprint density at radius 3 is 2.80 bits per heavy atom. The van der Waals surface area contributed by atoms with Crippen LogP contribution in [-0.4, -0.2) is 36.5 Å². The minimum absolute atomic E-state index is 0.178. The zero-order valence-corrected chi connectivity index (χ0v) is 10.3. The third-order valence-electron chi connectivity index (χ3n) is 2.99. The van der Waals surface area contributed by atoms with E-state index in [4.69, 9.17) is 0 Å². The minimum atomic E-state index is 0.178. The normalized spacial score (nSPS) is 23.1. The molecule has 3 nitrogen and oxygen atoms in total. The second-order valence-corrected chi connectivity index (χ2v) is 5.01. The number of hydrogen-bond donors (Lipinski definition) is 1. The molecule has 0 spiro atoms. The second-order valence-electron chi connectivity index (χ2n) is 5.01. The fourth-order valence-corrected chi connectivity index (χ4v) is 1.95. The number of hydrogen-bond acceptors (Lipinski definition) is 2. The molecule has 1 aliphatic heterocycles. The predicted molar refractivity (Wildman–Crippen MR) is 62.7 cm³/mol. The van der Waals surface area contributed by atoms with E-state index < -0.39 is 0 Å². The summed E-state index contributed by atoms with van der Waals surface area (Å²) in [5.74, 6) is 0.713. The standard InChI is InChI=1S/C12H24N2O/c1-10(2)8-13-12(15)9-14-7-5-4-6-11(14)3/h10-11H,4-9H2,1-3H3,(H,13,15). The third-order valence-corrected chi connectivity index (χ3v) is 2.99. The first-order valence-corrected chi connectivity index (χ1v) is 6.10. The average Bonchev–Trinajstić information content (AvgIpc) is 2.18. The molecule has 1 amide bonds. The Bertz CT molecular complexity index is 204. The van der Waals surface area contributed by atoms with Crippen LogP contribution < -0.4 is 5.32 Å². The maximum absolute atomic E-state index is 11.6. The molecule has 1 rings (SSSR count). The van der Waals surface area contributed by atoms with Crippen LogP contribution in [0.5, 0.6) is 0 Å². The van der Waals surface area contributed by atoms with E-state index in [9.17, 15) is 4.79 Å². The first-order valence-electron chi connectivity index (χ1n) is 6.10. The zero-order valence-electron chi connectivity index (χ0n) is 10.3. The van der Waals surface area contributed by atoms with Gasteiger partial charge in [0.1, 0.15) is 0 Å². The Balaban J connectivity index is 2.24.